The van der Waals surface area contributed by atoms with Crippen molar-refractivity contribution in [3.8, 4) is 0 Å². The van der Waals surface area contributed by atoms with Gasteiger partial charge in [-0.3, -0.25) is 4.79 Å². The summed E-state index contributed by atoms with van der Waals surface area (Å²) in [5, 5.41) is 4.32. The second-order valence-corrected chi connectivity index (χ2v) is 4.93. The zero-order chi connectivity index (χ0) is 17.2. The molecule has 0 spiro atoms. The molecule has 3 rings (SSSR count). The minimum absolute atomic E-state index is 0.0254. The van der Waals surface area contributed by atoms with Gasteiger partial charge in [0.2, 0.25) is 0 Å². The van der Waals surface area contributed by atoms with Crippen molar-refractivity contribution in [3.05, 3.63) is 71.5 Å². The highest BCUT2D eigenvalue weighted by Crippen LogP contribution is 2.31. The minimum atomic E-state index is -4.49. The van der Waals surface area contributed by atoms with Gasteiger partial charge in [0, 0.05) is 10.9 Å². The lowest BCUT2D eigenvalue weighted by Gasteiger charge is -2.09. The molecule has 1 heterocycles. The number of hydrogen-bond acceptors (Lipinski definition) is 3. The lowest BCUT2D eigenvalue weighted by Crippen LogP contribution is -2.17. The Morgan fingerprint density at radius 1 is 1.08 bits per heavy atom. The van der Waals surface area contributed by atoms with Gasteiger partial charge in [0.1, 0.15) is 5.58 Å². The second-order valence-electron chi connectivity index (χ2n) is 4.93. The summed E-state index contributed by atoms with van der Waals surface area (Å²) in [5.74, 6) is -0.621. The fraction of sp³-hybridized carbons (Fsp3) is 0.0588. The number of hydrazone groups is 1. The Kier molecular flexibility index (Phi) is 4.07. The summed E-state index contributed by atoms with van der Waals surface area (Å²) in [7, 11) is 0. The van der Waals surface area contributed by atoms with Crippen LogP contribution in [0.3, 0.4) is 0 Å². The molecule has 1 aromatic heterocycles. The molecule has 3 aromatic rings. The quantitative estimate of drug-likeness (QED) is 0.577. The predicted molar refractivity (Wildman–Crippen MR) is 82.7 cm³/mol. The molecule has 0 aliphatic heterocycles. The smallest absolute Gasteiger partial charge is 0.417 e. The standard InChI is InChI=1S/C17H11F3N2O2/c18-17(19,20)13-7-3-1-6-12(13)10-21-22-16(23)15-9-11-5-2-4-8-14(11)24-15/h1-10H,(H,22,23)/b21-10-. The lowest BCUT2D eigenvalue weighted by atomic mass is 10.1. The molecule has 0 atom stereocenters. The number of rotatable bonds is 3. The molecule has 7 heteroatoms. The molecule has 4 nitrogen and oxygen atoms in total. The molecule has 122 valence electrons. The average molecular weight is 332 g/mol. The molecule has 0 saturated carbocycles. The molecule has 2 aromatic carbocycles. The average Bonchev–Trinajstić information content (AvgIpc) is 2.98. The Balaban J connectivity index is 1.76. The van der Waals surface area contributed by atoms with Gasteiger partial charge in [0.25, 0.3) is 0 Å². The van der Waals surface area contributed by atoms with Crippen LogP contribution < -0.4 is 5.43 Å². The van der Waals surface area contributed by atoms with E-state index >= 15 is 0 Å². The van der Waals surface area contributed by atoms with Crippen LogP contribution in [-0.2, 0) is 6.18 Å². The molecule has 0 saturated heterocycles. The molecule has 0 radical (unpaired) electrons. The first-order valence-corrected chi connectivity index (χ1v) is 6.93. The van der Waals surface area contributed by atoms with Crippen molar-refractivity contribution in [2.75, 3.05) is 0 Å². The van der Waals surface area contributed by atoms with Crippen LogP contribution in [0.5, 0.6) is 0 Å². The van der Waals surface area contributed by atoms with Gasteiger partial charge in [-0.2, -0.15) is 18.3 Å². The van der Waals surface area contributed by atoms with E-state index < -0.39 is 17.6 Å². The fourth-order valence-electron chi connectivity index (χ4n) is 2.18. The van der Waals surface area contributed by atoms with Gasteiger partial charge in [-0.25, -0.2) is 5.43 Å². The first kappa shape index (κ1) is 15.8. The Morgan fingerprint density at radius 3 is 2.54 bits per heavy atom. The summed E-state index contributed by atoms with van der Waals surface area (Å²) < 4.78 is 43.9. The van der Waals surface area contributed by atoms with E-state index in [1.807, 2.05) is 0 Å². The van der Waals surface area contributed by atoms with Crippen molar-refractivity contribution in [3.63, 3.8) is 0 Å². The maximum atomic E-state index is 12.9. The summed E-state index contributed by atoms with van der Waals surface area (Å²) in [6.07, 6.45) is -3.55. The van der Waals surface area contributed by atoms with E-state index in [1.54, 1.807) is 24.3 Å². The zero-order valence-electron chi connectivity index (χ0n) is 12.2. The molecule has 0 bridgehead atoms. The zero-order valence-corrected chi connectivity index (χ0v) is 12.2. The first-order valence-electron chi connectivity index (χ1n) is 6.93. The number of benzene rings is 2. The van der Waals surface area contributed by atoms with Crippen LogP contribution in [0, 0.1) is 0 Å². The number of halogens is 3. The van der Waals surface area contributed by atoms with Crippen LogP contribution in [0.1, 0.15) is 21.7 Å². The topological polar surface area (TPSA) is 54.6 Å². The van der Waals surface area contributed by atoms with Crippen LogP contribution in [-0.4, -0.2) is 12.1 Å². The van der Waals surface area contributed by atoms with E-state index in [4.69, 9.17) is 4.42 Å². The van der Waals surface area contributed by atoms with Gasteiger partial charge in [-0.05, 0) is 18.2 Å². The van der Waals surface area contributed by atoms with Gasteiger partial charge >= 0.3 is 12.1 Å². The summed E-state index contributed by atoms with van der Waals surface area (Å²) >= 11 is 0. The highest BCUT2D eigenvalue weighted by atomic mass is 19.4. The molecular weight excluding hydrogens is 321 g/mol. The number of carbonyl (C=O) groups is 1. The molecule has 0 fully saturated rings. The number of amides is 1. The van der Waals surface area contributed by atoms with Crippen LogP contribution in [0.15, 0.2) is 64.1 Å². The first-order chi connectivity index (χ1) is 11.4. The molecule has 0 unspecified atom stereocenters. The lowest BCUT2D eigenvalue weighted by molar-refractivity contribution is -0.137. The number of para-hydroxylation sites is 1. The van der Waals surface area contributed by atoms with E-state index in [1.165, 1.54) is 24.3 Å². The van der Waals surface area contributed by atoms with Crippen molar-refractivity contribution >= 4 is 23.1 Å². The van der Waals surface area contributed by atoms with Crippen molar-refractivity contribution in [1.29, 1.82) is 0 Å². The molecule has 1 N–H and O–H groups in total. The van der Waals surface area contributed by atoms with Gasteiger partial charge in [0.15, 0.2) is 5.76 Å². The maximum Gasteiger partial charge on any atom is 0.417 e. The summed E-state index contributed by atoms with van der Waals surface area (Å²) in [4.78, 5) is 11.9. The molecule has 0 aliphatic rings. The number of furan rings is 1. The monoisotopic (exact) mass is 332 g/mol. The van der Waals surface area contributed by atoms with Crippen molar-refractivity contribution in [2.24, 2.45) is 5.10 Å². The normalized spacial score (nSPS) is 12.0. The largest absolute Gasteiger partial charge is 0.451 e. The minimum Gasteiger partial charge on any atom is -0.451 e. The highest BCUT2D eigenvalue weighted by molar-refractivity contribution is 5.96. The van der Waals surface area contributed by atoms with Gasteiger partial charge in [0.05, 0.1) is 11.8 Å². The van der Waals surface area contributed by atoms with E-state index in [9.17, 15) is 18.0 Å². The maximum absolute atomic E-state index is 12.9. The summed E-state index contributed by atoms with van der Waals surface area (Å²) in [5.41, 5.74) is 1.72. The Labute approximate surface area is 134 Å². The predicted octanol–water partition coefficient (Wildman–Crippen LogP) is 4.22. The molecule has 24 heavy (non-hydrogen) atoms. The summed E-state index contributed by atoms with van der Waals surface area (Å²) in [6, 6.07) is 13.5. The van der Waals surface area contributed by atoms with Crippen molar-refractivity contribution in [2.45, 2.75) is 6.18 Å². The van der Waals surface area contributed by atoms with Crippen LogP contribution >= 0.6 is 0 Å². The second kappa shape index (κ2) is 6.19. The Hall–Kier alpha value is -3.09. The number of carbonyl (C=O) groups excluding carboxylic acids is 1. The number of fused-ring (bicyclic) bond motifs is 1. The molecule has 0 aliphatic carbocycles. The van der Waals surface area contributed by atoms with Gasteiger partial charge < -0.3 is 4.42 Å². The van der Waals surface area contributed by atoms with Crippen molar-refractivity contribution in [1.82, 2.24) is 5.43 Å². The van der Waals surface area contributed by atoms with Crippen molar-refractivity contribution < 1.29 is 22.4 Å². The third kappa shape index (κ3) is 3.29. The van der Waals surface area contributed by atoms with E-state index in [0.717, 1.165) is 17.7 Å². The number of nitrogens with zero attached hydrogens (tertiary/aromatic N) is 1. The molecule has 1 amide bonds. The van der Waals surface area contributed by atoms with Gasteiger partial charge in [-0.15, -0.1) is 0 Å². The third-order valence-electron chi connectivity index (χ3n) is 3.29. The Bertz CT molecular complexity index is 880. The van der Waals surface area contributed by atoms with Crippen LogP contribution in [0.25, 0.3) is 11.0 Å². The number of alkyl halides is 3. The SMILES string of the molecule is O=C(N/N=C\c1ccccc1C(F)(F)F)c1cc2ccccc2o1. The summed E-state index contributed by atoms with van der Waals surface area (Å²) in [6.45, 7) is 0. The fourth-order valence-corrected chi connectivity index (χ4v) is 2.18. The van der Waals surface area contributed by atoms with Crippen LogP contribution in [0.4, 0.5) is 13.2 Å². The highest BCUT2D eigenvalue weighted by Gasteiger charge is 2.32. The number of nitrogens with one attached hydrogen (secondary N) is 1. The molecular formula is C17H11F3N2O2. The van der Waals surface area contributed by atoms with Crippen LogP contribution in [0.2, 0.25) is 0 Å². The Morgan fingerprint density at radius 2 is 1.79 bits per heavy atom. The van der Waals surface area contributed by atoms with E-state index in [-0.39, 0.29) is 11.3 Å². The third-order valence-corrected chi connectivity index (χ3v) is 3.29. The van der Waals surface area contributed by atoms with Gasteiger partial charge in [-0.1, -0.05) is 36.4 Å². The van der Waals surface area contributed by atoms with E-state index in [2.05, 4.69) is 10.5 Å². The van der Waals surface area contributed by atoms with E-state index in [0.29, 0.717) is 5.58 Å². The number of hydrogen-bond donors (Lipinski definition) is 1.